The van der Waals surface area contributed by atoms with E-state index in [1.165, 1.54) is 0 Å². The van der Waals surface area contributed by atoms with Crippen LogP contribution in [0.3, 0.4) is 0 Å². The van der Waals surface area contributed by atoms with Gasteiger partial charge in [-0.05, 0) is 50.6 Å². The number of aliphatic hydroxyl groups is 1. The van der Waals surface area contributed by atoms with Crippen LogP contribution >= 0.6 is 0 Å². The first-order valence-electron chi connectivity index (χ1n) is 7.10. The molecule has 5 heteroatoms. The predicted octanol–water partition coefficient (Wildman–Crippen LogP) is 1.48. The number of hydrogen-bond acceptors (Lipinski definition) is 4. The molecule has 1 atom stereocenters. The number of nitrogens with zero attached hydrogens (tertiary/aromatic N) is 1. The Morgan fingerprint density at radius 1 is 1.45 bits per heavy atom. The van der Waals surface area contributed by atoms with Crippen LogP contribution in [0.1, 0.15) is 19.8 Å². The summed E-state index contributed by atoms with van der Waals surface area (Å²) in [4.78, 5) is 13.9. The first kappa shape index (κ1) is 14.8. The van der Waals surface area contributed by atoms with Crippen LogP contribution in [0.4, 0.5) is 5.69 Å². The van der Waals surface area contributed by atoms with Crippen LogP contribution < -0.4 is 10.1 Å². The number of ether oxygens (including phenoxy) is 1. The van der Waals surface area contributed by atoms with Crippen molar-refractivity contribution >= 4 is 11.6 Å². The Morgan fingerprint density at radius 3 is 2.85 bits per heavy atom. The van der Waals surface area contributed by atoms with E-state index >= 15 is 0 Å². The molecule has 1 amide bonds. The molecule has 2 N–H and O–H groups in total. The van der Waals surface area contributed by atoms with Crippen molar-refractivity contribution in [1.29, 1.82) is 0 Å². The minimum atomic E-state index is -0.304. The normalized spacial score (nSPS) is 19.6. The second kappa shape index (κ2) is 7.26. The Hall–Kier alpha value is -1.59. The molecule has 20 heavy (non-hydrogen) atoms. The number of aliphatic hydroxyl groups excluding tert-OH is 1. The van der Waals surface area contributed by atoms with E-state index in [4.69, 9.17) is 4.74 Å². The van der Waals surface area contributed by atoms with Crippen molar-refractivity contribution in [3.63, 3.8) is 0 Å². The molecule has 110 valence electrons. The maximum Gasteiger partial charge on any atom is 0.238 e. The molecule has 0 saturated carbocycles. The highest BCUT2D eigenvalue weighted by atomic mass is 16.5. The zero-order valence-electron chi connectivity index (χ0n) is 11.8. The Balaban J connectivity index is 1.81. The smallest absolute Gasteiger partial charge is 0.238 e. The zero-order valence-corrected chi connectivity index (χ0v) is 11.8. The first-order chi connectivity index (χ1) is 9.67. The molecule has 0 aromatic heterocycles. The molecule has 1 heterocycles. The van der Waals surface area contributed by atoms with E-state index in [9.17, 15) is 9.90 Å². The highest BCUT2D eigenvalue weighted by Gasteiger charge is 2.19. The molecule has 1 saturated heterocycles. The number of nitrogens with one attached hydrogen (secondary N) is 1. The summed E-state index contributed by atoms with van der Waals surface area (Å²) in [6.45, 7) is 4.33. The average Bonchev–Trinajstić information content (AvgIpc) is 2.41. The fourth-order valence-corrected chi connectivity index (χ4v) is 2.38. The van der Waals surface area contributed by atoms with Crippen molar-refractivity contribution in [3.05, 3.63) is 24.3 Å². The van der Waals surface area contributed by atoms with Gasteiger partial charge in [0, 0.05) is 12.2 Å². The summed E-state index contributed by atoms with van der Waals surface area (Å²) in [5.74, 6) is 0.743. The van der Waals surface area contributed by atoms with E-state index in [1.54, 1.807) is 0 Å². The van der Waals surface area contributed by atoms with Gasteiger partial charge in [-0.15, -0.1) is 0 Å². The number of anilines is 1. The quantitative estimate of drug-likeness (QED) is 0.856. The maximum absolute atomic E-state index is 11.9. The molecule has 1 fully saturated rings. The van der Waals surface area contributed by atoms with Gasteiger partial charge in [0.25, 0.3) is 0 Å². The number of β-amino-alcohol motifs (C(OH)–C–C–N with tert-alkyl or cyclic N) is 1. The summed E-state index contributed by atoms with van der Waals surface area (Å²) < 4.78 is 5.35. The lowest BCUT2D eigenvalue weighted by molar-refractivity contribution is -0.118. The molecule has 0 unspecified atom stereocenters. The fraction of sp³-hybridized carbons (Fsp3) is 0.533. The van der Waals surface area contributed by atoms with Crippen molar-refractivity contribution in [2.24, 2.45) is 0 Å². The highest BCUT2D eigenvalue weighted by molar-refractivity contribution is 5.92. The molecule has 2 rings (SSSR count). The van der Waals surface area contributed by atoms with E-state index in [2.05, 4.69) is 5.32 Å². The first-order valence-corrected chi connectivity index (χ1v) is 7.10. The molecule has 1 aromatic rings. The third kappa shape index (κ3) is 4.51. The fourth-order valence-electron chi connectivity index (χ4n) is 2.38. The Morgan fingerprint density at radius 2 is 2.20 bits per heavy atom. The van der Waals surface area contributed by atoms with Gasteiger partial charge in [0.15, 0.2) is 0 Å². The number of benzene rings is 1. The number of hydrogen-bond donors (Lipinski definition) is 2. The summed E-state index contributed by atoms with van der Waals surface area (Å²) >= 11 is 0. The van der Waals surface area contributed by atoms with Gasteiger partial charge in [-0.2, -0.15) is 0 Å². The SMILES string of the molecule is CCOc1ccc(NC(=O)CN2CCC[C@H](O)C2)cc1. The summed E-state index contributed by atoms with van der Waals surface area (Å²) in [5.41, 5.74) is 0.760. The third-order valence-electron chi connectivity index (χ3n) is 3.30. The van der Waals surface area contributed by atoms with Crippen LogP contribution in [0.15, 0.2) is 24.3 Å². The van der Waals surface area contributed by atoms with Crippen molar-refractivity contribution < 1.29 is 14.6 Å². The zero-order chi connectivity index (χ0) is 14.4. The second-order valence-corrected chi connectivity index (χ2v) is 5.04. The molecule has 0 bridgehead atoms. The number of carbonyl (C=O) groups excluding carboxylic acids is 1. The molecular weight excluding hydrogens is 256 g/mol. The van der Waals surface area contributed by atoms with Crippen molar-refractivity contribution in [2.75, 3.05) is 31.6 Å². The monoisotopic (exact) mass is 278 g/mol. The third-order valence-corrected chi connectivity index (χ3v) is 3.30. The number of likely N-dealkylation sites (tertiary alicyclic amines) is 1. The molecule has 1 aromatic carbocycles. The largest absolute Gasteiger partial charge is 0.494 e. The van der Waals surface area contributed by atoms with Crippen LogP contribution in [-0.2, 0) is 4.79 Å². The van der Waals surface area contributed by atoms with E-state index in [1.807, 2.05) is 36.1 Å². The molecule has 0 spiro atoms. The summed E-state index contributed by atoms with van der Waals surface area (Å²) in [6.07, 6.45) is 1.47. The lowest BCUT2D eigenvalue weighted by atomic mass is 10.1. The molecule has 1 aliphatic rings. The summed E-state index contributed by atoms with van der Waals surface area (Å²) in [7, 11) is 0. The van der Waals surface area contributed by atoms with Crippen LogP contribution in [0.2, 0.25) is 0 Å². The van der Waals surface area contributed by atoms with Crippen LogP contribution in [0.5, 0.6) is 5.75 Å². The lowest BCUT2D eigenvalue weighted by Crippen LogP contribution is -2.42. The number of amides is 1. The predicted molar refractivity (Wildman–Crippen MR) is 77.9 cm³/mol. The van der Waals surface area contributed by atoms with Gasteiger partial charge in [0.1, 0.15) is 5.75 Å². The Kier molecular flexibility index (Phi) is 5.38. The van der Waals surface area contributed by atoms with Crippen LogP contribution in [0.25, 0.3) is 0 Å². The van der Waals surface area contributed by atoms with E-state index in [0.29, 0.717) is 19.7 Å². The minimum absolute atomic E-state index is 0.0525. The van der Waals surface area contributed by atoms with Gasteiger partial charge in [0.2, 0.25) is 5.91 Å². The molecular formula is C15H22N2O3. The van der Waals surface area contributed by atoms with Crippen LogP contribution in [-0.4, -0.2) is 48.3 Å². The van der Waals surface area contributed by atoms with Gasteiger partial charge in [0.05, 0.1) is 19.3 Å². The van der Waals surface area contributed by atoms with Crippen LogP contribution in [0, 0.1) is 0 Å². The molecule has 5 nitrogen and oxygen atoms in total. The van der Waals surface area contributed by atoms with Gasteiger partial charge in [-0.3, -0.25) is 9.69 Å². The molecule has 0 radical (unpaired) electrons. The van der Waals surface area contributed by atoms with E-state index in [0.717, 1.165) is 30.8 Å². The summed E-state index contributed by atoms with van der Waals surface area (Å²) in [5, 5.41) is 12.4. The van der Waals surface area contributed by atoms with Gasteiger partial charge in [-0.25, -0.2) is 0 Å². The summed E-state index contributed by atoms with van der Waals surface area (Å²) in [6, 6.07) is 7.33. The topological polar surface area (TPSA) is 61.8 Å². The minimum Gasteiger partial charge on any atom is -0.494 e. The van der Waals surface area contributed by atoms with Crippen molar-refractivity contribution in [2.45, 2.75) is 25.9 Å². The highest BCUT2D eigenvalue weighted by Crippen LogP contribution is 2.16. The maximum atomic E-state index is 11.9. The van der Waals surface area contributed by atoms with Gasteiger partial charge >= 0.3 is 0 Å². The van der Waals surface area contributed by atoms with E-state index in [-0.39, 0.29) is 12.0 Å². The Bertz CT molecular complexity index is 433. The van der Waals surface area contributed by atoms with Gasteiger partial charge in [-0.1, -0.05) is 0 Å². The average molecular weight is 278 g/mol. The van der Waals surface area contributed by atoms with Crippen molar-refractivity contribution in [3.8, 4) is 5.75 Å². The van der Waals surface area contributed by atoms with Gasteiger partial charge < -0.3 is 15.2 Å². The number of piperidine rings is 1. The Labute approximate surface area is 119 Å². The lowest BCUT2D eigenvalue weighted by Gasteiger charge is -2.29. The number of carbonyl (C=O) groups is 1. The standard InChI is InChI=1S/C15H22N2O3/c1-2-20-14-7-5-12(6-8-14)16-15(19)11-17-9-3-4-13(18)10-17/h5-8,13,18H,2-4,9-11H2,1H3,(H,16,19)/t13-/m0/s1. The second-order valence-electron chi connectivity index (χ2n) is 5.04. The van der Waals surface area contributed by atoms with Crippen molar-refractivity contribution in [1.82, 2.24) is 4.90 Å². The molecule has 1 aliphatic heterocycles. The molecule has 0 aliphatic carbocycles. The number of rotatable bonds is 5. The van der Waals surface area contributed by atoms with E-state index < -0.39 is 0 Å².